The Balaban J connectivity index is 1.42. The van der Waals surface area contributed by atoms with Crippen molar-refractivity contribution in [2.24, 2.45) is 11.8 Å². The van der Waals surface area contributed by atoms with Crippen molar-refractivity contribution in [1.29, 1.82) is 0 Å². The fraction of sp³-hybridized carbons (Fsp3) is 0.588. The van der Waals surface area contributed by atoms with Crippen LogP contribution >= 0.6 is 0 Å². The van der Waals surface area contributed by atoms with Gasteiger partial charge >= 0.3 is 5.97 Å². The molecular weight excluding hydrogens is 266 g/mol. The van der Waals surface area contributed by atoms with Crippen LogP contribution in [0.5, 0.6) is 5.75 Å². The molecule has 1 heterocycles. The third kappa shape index (κ3) is 3.76. The lowest BCUT2D eigenvalue weighted by Gasteiger charge is -2.36. The van der Waals surface area contributed by atoms with E-state index >= 15 is 0 Å². The SMILES string of the molecule is O=C(O)C1CN(Cc2ccc(OCC3CCCC3)cc2)C1. The van der Waals surface area contributed by atoms with E-state index < -0.39 is 5.97 Å². The van der Waals surface area contributed by atoms with Crippen LogP contribution in [-0.2, 0) is 11.3 Å². The van der Waals surface area contributed by atoms with E-state index in [4.69, 9.17) is 9.84 Å². The van der Waals surface area contributed by atoms with Gasteiger partial charge in [-0.15, -0.1) is 0 Å². The predicted octanol–water partition coefficient (Wildman–Crippen LogP) is 2.77. The van der Waals surface area contributed by atoms with E-state index in [9.17, 15) is 4.79 Å². The number of ether oxygens (including phenoxy) is 1. The van der Waals surface area contributed by atoms with E-state index in [0.29, 0.717) is 13.1 Å². The lowest BCUT2D eigenvalue weighted by molar-refractivity contribution is -0.147. The fourth-order valence-electron chi connectivity index (χ4n) is 3.20. The monoisotopic (exact) mass is 289 g/mol. The Morgan fingerprint density at radius 3 is 2.48 bits per heavy atom. The van der Waals surface area contributed by atoms with Gasteiger partial charge in [0.1, 0.15) is 5.75 Å². The Morgan fingerprint density at radius 2 is 1.86 bits per heavy atom. The molecule has 0 spiro atoms. The van der Waals surface area contributed by atoms with E-state index in [-0.39, 0.29) is 5.92 Å². The quantitative estimate of drug-likeness (QED) is 0.875. The Morgan fingerprint density at radius 1 is 1.19 bits per heavy atom. The van der Waals surface area contributed by atoms with Gasteiger partial charge in [0.2, 0.25) is 0 Å². The number of benzene rings is 1. The van der Waals surface area contributed by atoms with Gasteiger partial charge in [0.05, 0.1) is 12.5 Å². The number of carbonyl (C=O) groups is 1. The second-order valence-corrected chi connectivity index (χ2v) is 6.33. The largest absolute Gasteiger partial charge is 0.493 e. The summed E-state index contributed by atoms with van der Waals surface area (Å²) < 4.78 is 5.85. The first kappa shape index (κ1) is 14.4. The molecule has 0 atom stereocenters. The molecule has 0 aromatic heterocycles. The molecule has 1 aromatic carbocycles. The number of likely N-dealkylation sites (tertiary alicyclic amines) is 1. The van der Waals surface area contributed by atoms with Gasteiger partial charge in [-0.25, -0.2) is 0 Å². The molecule has 1 aromatic rings. The van der Waals surface area contributed by atoms with Crippen LogP contribution in [0.4, 0.5) is 0 Å². The van der Waals surface area contributed by atoms with E-state index in [0.717, 1.165) is 24.8 Å². The molecule has 1 aliphatic carbocycles. The summed E-state index contributed by atoms with van der Waals surface area (Å²) >= 11 is 0. The van der Waals surface area contributed by atoms with Crippen molar-refractivity contribution in [3.8, 4) is 5.75 Å². The zero-order valence-corrected chi connectivity index (χ0v) is 12.3. The average Bonchev–Trinajstić information content (AvgIpc) is 2.94. The van der Waals surface area contributed by atoms with Crippen molar-refractivity contribution in [1.82, 2.24) is 4.90 Å². The van der Waals surface area contributed by atoms with Crippen LogP contribution in [-0.4, -0.2) is 35.7 Å². The number of hydrogen-bond acceptors (Lipinski definition) is 3. The van der Waals surface area contributed by atoms with Crippen LogP contribution in [0.3, 0.4) is 0 Å². The number of carboxylic acid groups (broad SMARTS) is 1. The minimum absolute atomic E-state index is 0.181. The second-order valence-electron chi connectivity index (χ2n) is 6.33. The molecule has 114 valence electrons. The molecule has 21 heavy (non-hydrogen) atoms. The molecule has 2 aliphatic rings. The van der Waals surface area contributed by atoms with Crippen LogP contribution in [0.1, 0.15) is 31.2 Å². The zero-order valence-electron chi connectivity index (χ0n) is 12.3. The lowest BCUT2D eigenvalue weighted by atomic mass is 10.00. The van der Waals surface area contributed by atoms with Gasteiger partial charge in [-0.3, -0.25) is 9.69 Å². The number of nitrogens with zero attached hydrogens (tertiary/aromatic N) is 1. The summed E-state index contributed by atoms with van der Waals surface area (Å²) in [6.07, 6.45) is 5.30. The van der Waals surface area contributed by atoms with E-state index in [1.165, 1.54) is 31.2 Å². The normalized spacial score (nSPS) is 20.4. The molecule has 0 bridgehead atoms. The highest BCUT2D eigenvalue weighted by Gasteiger charge is 2.32. The number of hydrogen-bond donors (Lipinski definition) is 1. The first-order valence-corrected chi connectivity index (χ1v) is 7.87. The molecule has 1 aliphatic heterocycles. The van der Waals surface area contributed by atoms with E-state index in [1.807, 2.05) is 12.1 Å². The Bertz CT molecular complexity index is 473. The van der Waals surface area contributed by atoms with Gasteiger partial charge in [0, 0.05) is 19.6 Å². The fourth-order valence-corrected chi connectivity index (χ4v) is 3.20. The molecule has 1 N–H and O–H groups in total. The minimum atomic E-state index is -0.679. The Labute approximate surface area is 125 Å². The molecule has 1 saturated heterocycles. The first-order chi connectivity index (χ1) is 10.2. The Hall–Kier alpha value is -1.55. The van der Waals surface area contributed by atoms with Crippen molar-refractivity contribution in [2.45, 2.75) is 32.2 Å². The smallest absolute Gasteiger partial charge is 0.309 e. The highest BCUT2D eigenvalue weighted by molar-refractivity contribution is 5.71. The number of aliphatic carboxylic acids is 1. The molecule has 1 saturated carbocycles. The topological polar surface area (TPSA) is 49.8 Å². The summed E-state index contributed by atoms with van der Waals surface area (Å²) in [4.78, 5) is 12.9. The van der Waals surface area contributed by atoms with Gasteiger partial charge in [-0.1, -0.05) is 25.0 Å². The first-order valence-electron chi connectivity index (χ1n) is 7.87. The molecule has 0 unspecified atom stereocenters. The summed E-state index contributed by atoms with van der Waals surface area (Å²) in [5, 5.41) is 8.86. The van der Waals surface area contributed by atoms with Crippen molar-refractivity contribution in [3.05, 3.63) is 29.8 Å². The lowest BCUT2D eigenvalue weighted by Crippen LogP contribution is -2.49. The molecule has 2 fully saturated rings. The molecule has 0 radical (unpaired) electrons. The van der Waals surface area contributed by atoms with Gasteiger partial charge in [-0.05, 0) is 36.5 Å². The van der Waals surface area contributed by atoms with E-state index in [1.54, 1.807) is 0 Å². The molecule has 0 amide bonds. The number of rotatable bonds is 6. The van der Waals surface area contributed by atoms with Crippen LogP contribution in [0.2, 0.25) is 0 Å². The van der Waals surface area contributed by atoms with Crippen molar-refractivity contribution in [2.75, 3.05) is 19.7 Å². The minimum Gasteiger partial charge on any atom is -0.493 e. The summed E-state index contributed by atoms with van der Waals surface area (Å²) in [6.45, 7) is 2.99. The summed E-state index contributed by atoms with van der Waals surface area (Å²) in [7, 11) is 0. The average molecular weight is 289 g/mol. The van der Waals surface area contributed by atoms with E-state index in [2.05, 4.69) is 17.0 Å². The maximum absolute atomic E-state index is 10.8. The standard InChI is InChI=1S/C17H23NO3/c19-17(20)15-10-18(11-15)9-13-5-7-16(8-6-13)21-12-14-3-1-2-4-14/h5-8,14-15H,1-4,9-12H2,(H,19,20). The highest BCUT2D eigenvalue weighted by Crippen LogP contribution is 2.26. The third-order valence-electron chi connectivity index (χ3n) is 4.60. The maximum Gasteiger partial charge on any atom is 0.309 e. The zero-order chi connectivity index (χ0) is 14.7. The summed E-state index contributed by atoms with van der Waals surface area (Å²) in [6, 6.07) is 8.22. The van der Waals surface area contributed by atoms with Gasteiger partial charge in [-0.2, -0.15) is 0 Å². The van der Waals surface area contributed by atoms with Crippen molar-refractivity contribution >= 4 is 5.97 Å². The van der Waals surface area contributed by atoms with Gasteiger partial charge in [0.25, 0.3) is 0 Å². The van der Waals surface area contributed by atoms with Crippen LogP contribution < -0.4 is 4.74 Å². The van der Waals surface area contributed by atoms with Crippen LogP contribution in [0.25, 0.3) is 0 Å². The van der Waals surface area contributed by atoms with Crippen molar-refractivity contribution < 1.29 is 14.6 Å². The number of carboxylic acids is 1. The molecule has 4 heteroatoms. The van der Waals surface area contributed by atoms with Gasteiger partial charge < -0.3 is 9.84 Å². The Kier molecular flexibility index (Phi) is 4.44. The molecular formula is C17H23NO3. The second kappa shape index (κ2) is 6.48. The van der Waals surface area contributed by atoms with Crippen LogP contribution in [0, 0.1) is 11.8 Å². The maximum atomic E-state index is 10.8. The molecule has 3 rings (SSSR count). The summed E-state index contributed by atoms with van der Waals surface area (Å²) in [5.74, 6) is 0.817. The van der Waals surface area contributed by atoms with Crippen molar-refractivity contribution in [3.63, 3.8) is 0 Å². The third-order valence-corrected chi connectivity index (χ3v) is 4.60. The predicted molar refractivity (Wildman–Crippen MR) is 80.3 cm³/mol. The molecule has 4 nitrogen and oxygen atoms in total. The van der Waals surface area contributed by atoms with Crippen LogP contribution in [0.15, 0.2) is 24.3 Å². The summed E-state index contributed by atoms with van der Waals surface area (Å²) in [5.41, 5.74) is 1.21. The van der Waals surface area contributed by atoms with Gasteiger partial charge in [0.15, 0.2) is 0 Å². The highest BCUT2D eigenvalue weighted by atomic mass is 16.5.